The monoisotopic (exact) mass is 293 g/mol. The predicted molar refractivity (Wildman–Crippen MR) is 86.7 cm³/mol. The quantitative estimate of drug-likeness (QED) is 0.711. The normalized spacial score (nSPS) is 11.2. The first-order chi connectivity index (χ1) is 10.0. The number of ether oxygens (including phenoxy) is 1. The van der Waals surface area contributed by atoms with Crippen molar-refractivity contribution < 1.29 is 14.0 Å². The summed E-state index contributed by atoms with van der Waals surface area (Å²) in [5.41, 5.74) is 0.677. The summed E-state index contributed by atoms with van der Waals surface area (Å²) in [6.07, 6.45) is 2.34. The zero-order chi connectivity index (χ0) is 15.7. The summed E-state index contributed by atoms with van der Waals surface area (Å²) in [5, 5.41) is 3.01. The van der Waals surface area contributed by atoms with Crippen LogP contribution in [-0.4, -0.2) is 50.7 Å². The zero-order valence-electron chi connectivity index (χ0n) is 13.8. The Morgan fingerprint density at radius 1 is 1.10 bits per heavy atom. The van der Waals surface area contributed by atoms with Crippen molar-refractivity contribution >= 4 is 5.91 Å². The molecular formula is C17H29N2O2+. The van der Waals surface area contributed by atoms with Gasteiger partial charge in [0.2, 0.25) is 0 Å². The van der Waals surface area contributed by atoms with Crippen LogP contribution in [0.2, 0.25) is 0 Å². The molecule has 0 fully saturated rings. The highest BCUT2D eigenvalue weighted by Gasteiger charge is 2.19. The first-order valence-electron chi connectivity index (χ1n) is 7.80. The van der Waals surface area contributed by atoms with Crippen LogP contribution < -0.4 is 10.1 Å². The number of methoxy groups -OCH3 is 1. The molecule has 1 N–H and O–H groups in total. The second-order valence-corrected chi connectivity index (χ2v) is 5.77. The second kappa shape index (κ2) is 8.67. The van der Waals surface area contributed by atoms with Crippen molar-refractivity contribution in [3.63, 3.8) is 0 Å². The highest BCUT2D eigenvalue weighted by molar-refractivity contribution is 5.94. The van der Waals surface area contributed by atoms with E-state index >= 15 is 0 Å². The second-order valence-electron chi connectivity index (χ2n) is 5.77. The fourth-order valence-corrected chi connectivity index (χ4v) is 2.70. The lowest BCUT2D eigenvalue weighted by molar-refractivity contribution is -0.908. The SMILES string of the molecule is CCC[N+](C)(CCC)CCNC(=O)c1ccc(OC)cc1. The Morgan fingerprint density at radius 3 is 2.14 bits per heavy atom. The zero-order valence-corrected chi connectivity index (χ0v) is 13.8. The van der Waals surface area contributed by atoms with Crippen LogP contribution in [0.4, 0.5) is 0 Å². The van der Waals surface area contributed by atoms with Crippen molar-refractivity contribution in [3.8, 4) is 5.75 Å². The van der Waals surface area contributed by atoms with Crippen LogP contribution >= 0.6 is 0 Å². The summed E-state index contributed by atoms with van der Waals surface area (Å²) in [4.78, 5) is 12.1. The highest BCUT2D eigenvalue weighted by Crippen LogP contribution is 2.11. The summed E-state index contributed by atoms with van der Waals surface area (Å²) in [6, 6.07) is 7.20. The number of nitrogens with zero attached hydrogens (tertiary/aromatic N) is 1. The number of hydrogen-bond acceptors (Lipinski definition) is 2. The van der Waals surface area contributed by atoms with E-state index in [1.54, 1.807) is 19.2 Å². The van der Waals surface area contributed by atoms with Gasteiger partial charge in [-0.3, -0.25) is 4.79 Å². The van der Waals surface area contributed by atoms with E-state index in [0.29, 0.717) is 12.1 Å². The average molecular weight is 293 g/mol. The van der Waals surface area contributed by atoms with E-state index in [2.05, 4.69) is 26.2 Å². The lowest BCUT2D eigenvalue weighted by atomic mass is 10.2. The Bertz CT molecular complexity index is 423. The van der Waals surface area contributed by atoms with Crippen LogP contribution in [0.3, 0.4) is 0 Å². The molecule has 4 nitrogen and oxygen atoms in total. The molecule has 0 heterocycles. The molecular weight excluding hydrogens is 264 g/mol. The Hall–Kier alpha value is -1.55. The average Bonchev–Trinajstić information content (AvgIpc) is 2.47. The maximum absolute atomic E-state index is 12.1. The van der Waals surface area contributed by atoms with Crippen LogP contribution in [0, 0.1) is 0 Å². The lowest BCUT2D eigenvalue weighted by Gasteiger charge is -2.34. The molecule has 118 valence electrons. The maximum Gasteiger partial charge on any atom is 0.251 e. The van der Waals surface area contributed by atoms with Crippen molar-refractivity contribution in [3.05, 3.63) is 29.8 Å². The molecule has 0 saturated heterocycles. The van der Waals surface area contributed by atoms with E-state index in [-0.39, 0.29) is 5.91 Å². The van der Waals surface area contributed by atoms with Crippen LogP contribution in [0.25, 0.3) is 0 Å². The molecule has 0 unspecified atom stereocenters. The molecule has 0 atom stereocenters. The smallest absolute Gasteiger partial charge is 0.251 e. The molecule has 0 saturated carbocycles. The van der Waals surface area contributed by atoms with Gasteiger partial charge >= 0.3 is 0 Å². The number of likely N-dealkylation sites (N-methyl/N-ethyl adjacent to an activating group) is 1. The third kappa shape index (κ3) is 5.76. The summed E-state index contributed by atoms with van der Waals surface area (Å²) < 4.78 is 6.12. The van der Waals surface area contributed by atoms with Crippen LogP contribution in [0.1, 0.15) is 37.0 Å². The summed E-state index contributed by atoms with van der Waals surface area (Å²) >= 11 is 0. The predicted octanol–water partition coefficient (Wildman–Crippen LogP) is 2.69. The van der Waals surface area contributed by atoms with Gasteiger partial charge in [-0.2, -0.15) is 0 Å². The largest absolute Gasteiger partial charge is 0.497 e. The van der Waals surface area contributed by atoms with E-state index in [1.807, 2.05) is 12.1 Å². The van der Waals surface area contributed by atoms with E-state index < -0.39 is 0 Å². The minimum absolute atomic E-state index is 0.0165. The van der Waals surface area contributed by atoms with Gasteiger partial charge in [0.05, 0.1) is 40.3 Å². The molecule has 21 heavy (non-hydrogen) atoms. The van der Waals surface area contributed by atoms with Crippen LogP contribution in [0.15, 0.2) is 24.3 Å². The molecule has 0 aliphatic heterocycles. The number of carbonyl (C=O) groups excluding carboxylic acids is 1. The number of carbonyl (C=O) groups is 1. The molecule has 0 aliphatic carbocycles. The molecule has 0 aliphatic rings. The van der Waals surface area contributed by atoms with Gasteiger partial charge in [-0.05, 0) is 37.1 Å². The molecule has 1 rings (SSSR count). The number of benzene rings is 1. The number of quaternary nitrogens is 1. The molecule has 4 heteroatoms. The van der Waals surface area contributed by atoms with Gasteiger partial charge in [0, 0.05) is 5.56 Å². The van der Waals surface area contributed by atoms with E-state index in [0.717, 1.165) is 29.9 Å². The third-order valence-corrected chi connectivity index (χ3v) is 3.82. The molecule has 1 amide bonds. The van der Waals surface area contributed by atoms with Gasteiger partial charge in [0.1, 0.15) is 5.75 Å². The molecule has 0 spiro atoms. The number of rotatable bonds is 9. The molecule has 1 aromatic carbocycles. The van der Waals surface area contributed by atoms with Crippen molar-refractivity contribution in [2.45, 2.75) is 26.7 Å². The first-order valence-corrected chi connectivity index (χ1v) is 7.80. The minimum atomic E-state index is -0.0165. The Labute approximate surface area is 128 Å². The van der Waals surface area contributed by atoms with Crippen LogP contribution in [-0.2, 0) is 0 Å². The van der Waals surface area contributed by atoms with Gasteiger partial charge in [0.25, 0.3) is 5.91 Å². The molecule has 0 aromatic heterocycles. The van der Waals surface area contributed by atoms with E-state index in [4.69, 9.17) is 4.74 Å². The van der Waals surface area contributed by atoms with Gasteiger partial charge in [-0.25, -0.2) is 0 Å². The van der Waals surface area contributed by atoms with Gasteiger partial charge in [-0.15, -0.1) is 0 Å². The molecule has 0 bridgehead atoms. The van der Waals surface area contributed by atoms with Gasteiger partial charge in [-0.1, -0.05) is 13.8 Å². The Balaban J connectivity index is 2.47. The molecule has 0 radical (unpaired) electrons. The maximum atomic E-state index is 12.1. The van der Waals surface area contributed by atoms with Gasteiger partial charge in [0.15, 0.2) is 0 Å². The fourth-order valence-electron chi connectivity index (χ4n) is 2.70. The Morgan fingerprint density at radius 2 is 1.67 bits per heavy atom. The third-order valence-electron chi connectivity index (χ3n) is 3.82. The van der Waals surface area contributed by atoms with Crippen molar-refractivity contribution in [2.24, 2.45) is 0 Å². The van der Waals surface area contributed by atoms with Crippen molar-refractivity contribution in [2.75, 3.05) is 40.3 Å². The topological polar surface area (TPSA) is 38.3 Å². The number of hydrogen-bond donors (Lipinski definition) is 1. The first kappa shape index (κ1) is 17.5. The number of amides is 1. The number of nitrogens with one attached hydrogen (secondary N) is 1. The van der Waals surface area contributed by atoms with Gasteiger partial charge < -0.3 is 14.5 Å². The van der Waals surface area contributed by atoms with Crippen molar-refractivity contribution in [1.82, 2.24) is 5.32 Å². The van der Waals surface area contributed by atoms with Crippen LogP contribution in [0.5, 0.6) is 5.75 Å². The summed E-state index contributed by atoms with van der Waals surface area (Å²) in [5.74, 6) is 0.749. The summed E-state index contributed by atoms with van der Waals surface area (Å²) in [7, 11) is 3.89. The highest BCUT2D eigenvalue weighted by atomic mass is 16.5. The lowest BCUT2D eigenvalue weighted by Crippen LogP contribution is -2.49. The van der Waals surface area contributed by atoms with E-state index in [9.17, 15) is 4.79 Å². The standard InChI is InChI=1S/C17H28N2O2/c1-5-12-19(3,13-6-2)14-11-18-17(20)15-7-9-16(21-4)10-8-15/h7-10H,5-6,11-14H2,1-4H3/p+1. The van der Waals surface area contributed by atoms with E-state index in [1.165, 1.54) is 12.8 Å². The Kier molecular flexibility index (Phi) is 7.23. The fraction of sp³-hybridized carbons (Fsp3) is 0.588. The van der Waals surface area contributed by atoms with Crippen molar-refractivity contribution in [1.29, 1.82) is 0 Å². The minimum Gasteiger partial charge on any atom is -0.497 e. The summed E-state index contributed by atoms with van der Waals surface area (Å²) in [6.45, 7) is 8.42. The molecule has 1 aromatic rings.